The van der Waals surface area contributed by atoms with Gasteiger partial charge < -0.3 is 31.8 Å². The summed E-state index contributed by atoms with van der Waals surface area (Å²) in [6, 6.07) is 12.6. The molecule has 0 saturated heterocycles. The van der Waals surface area contributed by atoms with Crippen molar-refractivity contribution in [1.29, 1.82) is 0 Å². The number of nitrogens with two attached hydrogens (primary N) is 1. The van der Waals surface area contributed by atoms with E-state index in [1.807, 2.05) is 68.4 Å². The number of nitrogens with one attached hydrogen (secondary N) is 4. The van der Waals surface area contributed by atoms with Crippen LogP contribution in [0.25, 0.3) is 10.9 Å². The predicted octanol–water partition coefficient (Wildman–Crippen LogP) is 1.89. The summed E-state index contributed by atoms with van der Waals surface area (Å²) in [6.07, 6.45) is 2.43. The van der Waals surface area contributed by atoms with Gasteiger partial charge in [-0.1, -0.05) is 62.4 Å². The standard InChI is InChI=1S/C29H37N5O5/c1-17(2)13-22(30)27(36)33-24(14-19-9-5-4-6-10-19)28(37)32-18(3)26(35)34-25(29(38)39)15-20-16-31-23-12-8-7-11-21(20)23/h4-12,16-18,22,24-25,31H,13-15,30H2,1-3H3,(H,32,37)(H,33,36)(H,34,35)(H,38,39). The van der Waals surface area contributed by atoms with Crippen molar-refractivity contribution in [3.8, 4) is 0 Å². The van der Waals surface area contributed by atoms with Crippen molar-refractivity contribution in [2.75, 3.05) is 0 Å². The topological polar surface area (TPSA) is 166 Å². The van der Waals surface area contributed by atoms with Gasteiger partial charge in [-0.15, -0.1) is 0 Å². The van der Waals surface area contributed by atoms with Crippen molar-refractivity contribution in [2.24, 2.45) is 11.7 Å². The third-order valence-electron chi connectivity index (χ3n) is 6.44. The molecule has 3 aromatic rings. The van der Waals surface area contributed by atoms with E-state index in [-0.39, 0.29) is 18.8 Å². The summed E-state index contributed by atoms with van der Waals surface area (Å²) in [6.45, 7) is 5.36. The number of fused-ring (bicyclic) bond motifs is 1. The minimum absolute atomic E-state index is 0.0617. The van der Waals surface area contributed by atoms with E-state index in [2.05, 4.69) is 20.9 Å². The molecule has 4 unspecified atom stereocenters. The maximum atomic E-state index is 13.2. The molecule has 3 rings (SSSR count). The lowest BCUT2D eigenvalue weighted by molar-refractivity contribution is -0.142. The highest BCUT2D eigenvalue weighted by Crippen LogP contribution is 2.19. The van der Waals surface area contributed by atoms with Crippen LogP contribution in [0.2, 0.25) is 0 Å². The molecule has 0 bridgehead atoms. The Bertz CT molecular complexity index is 1290. The highest BCUT2D eigenvalue weighted by Gasteiger charge is 2.29. The molecule has 0 fully saturated rings. The Labute approximate surface area is 227 Å². The Hall–Kier alpha value is -4.18. The van der Waals surface area contributed by atoms with Crippen LogP contribution in [0, 0.1) is 5.92 Å². The molecule has 0 saturated carbocycles. The second-order valence-corrected chi connectivity index (χ2v) is 10.2. The average molecular weight is 536 g/mol. The Kier molecular flexibility index (Phi) is 10.2. The predicted molar refractivity (Wildman–Crippen MR) is 149 cm³/mol. The summed E-state index contributed by atoms with van der Waals surface area (Å²) in [7, 11) is 0. The number of hydrogen-bond donors (Lipinski definition) is 6. The first-order valence-corrected chi connectivity index (χ1v) is 13.0. The van der Waals surface area contributed by atoms with Gasteiger partial charge in [0.15, 0.2) is 0 Å². The quantitative estimate of drug-likeness (QED) is 0.195. The molecular formula is C29H37N5O5. The second kappa shape index (κ2) is 13.6. The van der Waals surface area contributed by atoms with E-state index in [4.69, 9.17) is 5.73 Å². The SMILES string of the molecule is CC(C)CC(N)C(=O)NC(Cc1ccccc1)C(=O)NC(C)C(=O)NC(Cc1c[nH]c2ccccc12)C(=O)O. The van der Waals surface area contributed by atoms with E-state index in [1.54, 1.807) is 6.20 Å². The first-order chi connectivity index (χ1) is 18.5. The highest BCUT2D eigenvalue weighted by atomic mass is 16.4. The first kappa shape index (κ1) is 29.4. The van der Waals surface area contributed by atoms with Gasteiger partial charge >= 0.3 is 5.97 Å². The normalized spacial score (nSPS) is 14.3. The van der Waals surface area contributed by atoms with E-state index in [9.17, 15) is 24.3 Å². The molecule has 0 radical (unpaired) electrons. The minimum Gasteiger partial charge on any atom is -0.480 e. The number of rotatable bonds is 13. The van der Waals surface area contributed by atoms with Gasteiger partial charge in [-0.2, -0.15) is 0 Å². The Balaban J connectivity index is 1.67. The third kappa shape index (κ3) is 8.41. The monoisotopic (exact) mass is 535 g/mol. The van der Waals surface area contributed by atoms with Gasteiger partial charge in [0, 0.05) is 29.9 Å². The molecule has 10 nitrogen and oxygen atoms in total. The van der Waals surface area contributed by atoms with Crippen LogP contribution >= 0.6 is 0 Å². The first-order valence-electron chi connectivity index (χ1n) is 13.0. The summed E-state index contributed by atoms with van der Waals surface area (Å²) < 4.78 is 0. The molecule has 1 heterocycles. The van der Waals surface area contributed by atoms with Crippen molar-refractivity contribution in [1.82, 2.24) is 20.9 Å². The molecule has 3 amide bonds. The van der Waals surface area contributed by atoms with E-state index < -0.39 is 47.9 Å². The van der Waals surface area contributed by atoms with Gasteiger partial charge in [-0.05, 0) is 36.5 Å². The van der Waals surface area contributed by atoms with Crippen molar-refractivity contribution in [3.05, 3.63) is 71.9 Å². The number of carbonyl (C=O) groups excluding carboxylic acids is 3. The van der Waals surface area contributed by atoms with E-state index in [0.29, 0.717) is 6.42 Å². The van der Waals surface area contributed by atoms with Gasteiger partial charge in [-0.25, -0.2) is 4.79 Å². The van der Waals surface area contributed by atoms with Crippen LogP contribution < -0.4 is 21.7 Å². The molecule has 208 valence electrons. The summed E-state index contributed by atoms with van der Waals surface area (Å²) in [5.41, 5.74) is 8.45. The van der Waals surface area contributed by atoms with Crippen LogP contribution in [-0.4, -0.2) is 57.9 Å². The average Bonchev–Trinajstić information content (AvgIpc) is 3.30. The molecule has 4 atom stereocenters. The van der Waals surface area contributed by atoms with Gasteiger partial charge in [0.05, 0.1) is 6.04 Å². The van der Waals surface area contributed by atoms with Crippen LogP contribution in [0.1, 0.15) is 38.3 Å². The number of carboxylic acids is 1. The van der Waals surface area contributed by atoms with Gasteiger partial charge in [0.25, 0.3) is 0 Å². The van der Waals surface area contributed by atoms with Gasteiger partial charge in [0.1, 0.15) is 18.1 Å². The number of hydrogen-bond acceptors (Lipinski definition) is 5. The zero-order valence-electron chi connectivity index (χ0n) is 22.4. The number of aliphatic carboxylic acids is 1. The molecule has 0 aliphatic rings. The molecule has 7 N–H and O–H groups in total. The Morgan fingerprint density at radius 2 is 1.46 bits per heavy atom. The summed E-state index contributed by atoms with van der Waals surface area (Å²) in [5.74, 6) is -2.68. The number of amides is 3. The summed E-state index contributed by atoms with van der Waals surface area (Å²) in [5, 5.41) is 18.5. The summed E-state index contributed by atoms with van der Waals surface area (Å²) in [4.78, 5) is 53.9. The van der Waals surface area contributed by atoms with Gasteiger partial charge in [0.2, 0.25) is 17.7 Å². The van der Waals surface area contributed by atoms with E-state index in [0.717, 1.165) is 22.0 Å². The number of aromatic amines is 1. The van der Waals surface area contributed by atoms with Crippen LogP contribution in [0.4, 0.5) is 0 Å². The lowest BCUT2D eigenvalue weighted by Crippen LogP contribution is -2.57. The number of carbonyl (C=O) groups is 4. The fourth-order valence-corrected chi connectivity index (χ4v) is 4.35. The maximum absolute atomic E-state index is 13.2. The Morgan fingerprint density at radius 3 is 2.13 bits per heavy atom. The van der Waals surface area contributed by atoms with Crippen molar-refractivity contribution in [3.63, 3.8) is 0 Å². The van der Waals surface area contributed by atoms with Crippen molar-refractivity contribution >= 4 is 34.6 Å². The maximum Gasteiger partial charge on any atom is 0.326 e. The molecule has 0 spiro atoms. The second-order valence-electron chi connectivity index (χ2n) is 10.2. The fourth-order valence-electron chi connectivity index (χ4n) is 4.35. The number of H-pyrrole nitrogens is 1. The minimum atomic E-state index is -1.20. The number of aromatic nitrogens is 1. The van der Waals surface area contributed by atoms with Gasteiger partial charge in [-0.3, -0.25) is 14.4 Å². The van der Waals surface area contributed by atoms with Crippen LogP contribution in [0.3, 0.4) is 0 Å². The van der Waals surface area contributed by atoms with Crippen LogP contribution in [0.5, 0.6) is 0 Å². The molecular weight excluding hydrogens is 498 g/mol. The van der Waals surface area contributed by atoms with Crippen LogP contribution in [0.15, 0.2) is 60.8 Å². The lowest BCUT2D eigenvalue weighted by Gasteiger charge is -2.24. The number of para-hydroxylation sites is 1. The summed E-state index contributed by atoms with van der Waals surface area (Å²) >= 11 is 0. The number of carboxylic acid groups (broad SMARTS) is 1. The zero-order valence-corrected chi connectivity index (χ0v) is 22.4. The Morgan fingerprint density at radius 1 is 0.821 bits per heavy atom. The largest absolute Gasteiger partial charge is 0.480 e. The van der Waals surface area contributed by atoms with E-state index in [1.165, 1.54) is 6.92 Å². The van der Waals surface area contributed by atoms with Crippen molar-refractivity contribution in [2.45, 2.75) is 64.2 Å². The highest BCUT2D eigenvalue weighted by molar-refractivity contribution is 5.94. The third-order valence-corrected chi connectivity index (χ3v) is 6.44. The van der Waals surface area contributed by atoms with Crippen molar-refractivity contribution < 1.29 is 24.3 Å². The fraction of sp³-hybridized carbons (Fsp3) is 0.379. The molecule has 39 heavy (non-hydrogen) atoms. The zero-order chi connectivity index (χ0) is 28.5. The van der Waals surface area contributed by atoms with Crippen LogP contribution in [-0.2, 0) is 32.0 Å². The molecule has 10 heteroatoms. The number of benzene rings is 2. The lowest BCUT2D eigenvalue weighted by atomic mass is 10.0. The smallest absolute Gasteiger partial charge is 0.326 e. The molecule has 1 aromatic heterocycles. The molecule has 0 aliphatic heterocycles. The molecule has 2 aromatic carbocycles. The van der Waals surface area contributed by atoms with E-state index >= 15 is 0 Å². The molecule has 0 aliphatic carbocycles.